The number of unbranched alkanes of at least 4 members (excludes halogenated alkanes) is 1. The molecule has 1 N–H and O–H groups in total. The molecule has 136 valence electrons. The van der Waals surface area contributed by atoms with Crippen LogP contribution in [0.2, 0.25) is 0 Å². The second-order valence-corrected chi connectivity index (χ2v) is 7.23. The number of ether oxygens (including phenoxy) is 3. The van der Waals surface area contributed by atoms with Crippen molar-refractivity contribution in [2.75, 3.05) is 6.61 Å². The van der Waals surface area contributed by atoms with Gasteiger partial charge in [0.1, 0.15) is 5.75 Å². The molecule has 3 aromatic carbocycles. The highest BCUT2D eigenvalue weighted by molar-refractivity contribution is 6.10. The molecule has 3 aromatic rings. The summed E-state index contributed by atoms with van der Waals surface area (Å²) in [7, 11) is 0. The quantitative estimate of drug-likeness (QED) is 0.508. The second-order valence-electron chi connectivity index (χ2n) is 7.23. The van der Waals surface area contributed by atoms with Gasteiger partial charge in [-0.05, 0) is 63.9 Å². The van der Waals surface area contributed by atoms with Crippen molar-refractivity contribution in [1.29, 1.82) is 0 Å². The van der Waals surface area contributed by atoms with E-state index in [1.807, 2.05) is 44.2 Å². The fraction of sp³-hybridized carbons (Fsp3) is 0.364. The fourth-order valence-corrected chi connectivity index (χ4v) is 3.47. The van der Waals surface area contributed by atoms with Crippen molar-refractivity contribution >= 4 is 21.5 Å². The minimum absolute atomic E-state index is 0.0236. The number of benzene rings is 3. The predicted octanol–water partition coefficient (Wildman–Crippen LogP) is 5.17. The molecule has 0 aliphatic carbocycles. The van der Waals surface area contributed by atoms with Gasteiger partial charge in [0.05, 0.1) is 13.2 Å². The first kappa shape index (κ1) is 17.0. The molecule has 0 bridgehead atoms. The van der Waals surface area contributed by atoms with Crippen molar-refractivity contribution in [3.63, 3.8) is 0 Å². The van der Waals surface area contributed by atoms with E-state index in [9.17, 15) is 5.11 Å². The van der Waals surface area contributed by atoms with E-state index < -0.39 is 5.79 Å². The van der Waals surface area contributed by atoms with Crippen LogP contribution in [0.4, 0.5) is 0 Å². The Morgan fingerprint density at radius 2 is 1.69 bits per heavy atom. The summed E-state index contributed by atoms with van der Waals surface area (Å²) in [5.41, 5.74) is 0.878. The van der Waals surface area contributed by atoms with Gasteiger partial charge in [0.15, 0.2) is 11.5 Å². The molecule has 0 spiro atoms. The Bertz CT molecular complexity index is 975. The minimum atomic E-state index is -0.677. The van der Waals surface area contributed by atoms with Gasteiger partial charge in [-0.25, -0.2) is 0 Å². The van der Waals surface area contributed by atoms with E-state index in [-0.39, 0.29) is 6.61 Å². The van der Waals surface area contributed by atoms with Crippen molar-refractivity contribution in [1.82, 2.24) is 0 Å². The molecule has 4 nitrogen and oxygen atoms in total. The third-order valence-corrected chi connectivity index (χ3v) is 4.72. The zero-order valence-corrected chi connectivity index (χ0v) is 15.5. The monoisotopic (exact) mass is 352 g/mol. The molecule has 1 aliphatic rings. The van der Waals surface area contributed by atoms with Gasteiger partial charge >= 0.3 is 0 Å². The van der Waals surface area contributed by atoms with Crippen LogP contribution in [-0.4, -0.2) is 17.5 Å². The number of aliphatic hydroxyl groups excluding tert-OH is 1. The average Bonchev–Trinajstić information content (AvgIpc) is 2.92. The Balaban J connectivity index is 1.89. The number of aliphatic hydroxyl groups is 1. The Labute approximate surface area is 153 Å². The zero-order valence-electron chi connectivity index (χ0n) is 15.5. The molecule has 0 fully saturated rings. The normalized spacial score (nSPS) is 14.9. The molecule has 0 aromatic heterocycles. The highest BCUT2D eigenvalue weighted by Gasteiger charge is 2.32. The summed E-state index contributed by atoms with van der Waals surface area (Å²) < 4.78 is 17.7. The first-order chi connectivity index (χ1) is 12.5. The van der Waals surface area contributed by atoms with Crippen LogP contribution in [0.25, 0.3) is 21.5 Å². The van der Waals surface area contributed by atoms with Crippen LogP contribution in [0.5, 0.6) is 17.2 Å². The van der Waals surface area contributed by atoms with E-state index in [1.54, 1.807) is 0 Å². The van der Waals surface area contributed by atoms with Crippen molar-refractivity contribution in [3.8, 4) is 17.2 Å². The summed E-state index contributed by atoms with van der Waals surface area (Å²) in [4.78, 5) is 0. The summed E-state index contributed by atoms with van der Waals surface area (Å²) in [5, 5.41) is 14.0. The van der Waals surface area contributed by atoms with Crippen molar-refractivity contribution in [2.24, 2.45) is 0 Å². The number of fused-ring (bicyclic) bond motifs is 4. The molecule has 1 aliphatic heterocycles. The Hall–Kier alpha value is -2.46. The molecule has 0 saturated carbocycles. The average molecular weight is 352 g/mol. The molecule has 0 saturated heterocycles. The molecule has 0 atom stereocenters. The van der Waals surface area contributed by atoms with E-state index in [4.69, 9.17) is 14.2 Å². The standard InChI is InChI=1S/C22H24O4/c1-4-5-8-24-16-7-6-14-9-15(13-23)18-11-20-21(26-22(2,3)25-20)12-19(18)17(14)10-16/h6-7,9-12,23H,4-5,8,13H2,1-3H3. The van der Waals surface area contributed by atoms with E-state index in [0.717, 1.165) is 58.1 Å². The first-order valence-electron chi connectivity index (χ1n) is 9.16. The first-order valence-corrected chi connectivity index (χ1v) is 9.16. The van der Waals surface area contributed by atoms with E-state index in [2.05, 4.69) is 13.0 Å². The lowest BCUT2D eigenvalue weighted by atomic mass is 9.96. The number of rotatable bonds is 5. The van der Waals surface area contributed by atoms with E-state index in [0.29, 0.717) is 5.75 Å². The lowest BCUT2D eigenvalue weighted by molar-refractivity contribution is -0.0431. The Morgan fingerprint density at radius 1 is 0.962 bits per heavy atom. The summed E-state index contributed by atoms with van der Waals surface area (Å²) in [5.74, 6) is 1.63. The van der Waals surface area contributed by atoms with E-state index >= 15 is 0 Å². The minimum Gasteiger partial charge on any atom is -0.494 e. The highest BCUT2D eigenvalue weighted by Crippen LogP contribution is 2.44. The van der Waals surface area contributed by atoms with Crippen LogP contribution in [0.1, 0.15) is 39.2 Å². The molecule has 1 heterocycles. The highest BCUT2D eigenvalue weighted by atomic mass is 16.7. The van der Waals surface area contributed by atoms with Crippen molar-refractivity contribution < 1.29 is 19.3 Å². The third-order valence-electron chi connectivity index (χ3n) is 4.72. The molecule has 0 amide bonds. The summed E-state index contributed by atoms with van der Waals surface area (Å²) in [6.07, 6.45) is 2.14. The molecule has 0 radical (unpaired) electrons. The predicted molar refractivity (Wildman–Crippen MR) is 103 cm³/mol. The lowest BCUT2D eigenvalue weighted by Gasteiger charge is -2.16. The summed E-state index contributed by atoms with van der Waals surface area (Å²) in [6, 6.07) is 12.1. The largest absolute Gasteiger partial charge is 0.494 e. The van der Waals surface area contributed by atoms with Gasteiger partial charge in [-0.2, -0.15) is 0 Å². The van der Waals surface area contributed by atoms with E-state index in [1.165, 1.54) is 0 Å². The SMILES string of the molecule is CCCCOc1ccc2cc(CO)c3cc4c(cc3c2c1)OC(C)(C)O4. The van der Waals surface area contributed by atoms with Crippen LogP contribution in [0.3, 0.4) is 0 Å². The van der Waals surface area contributed by atoms with Gasteiger partial charge < -0.3 is 19.3 Å². The van der Waals surface area contributed by atoms with Crippen LogP contribution < -0.4 is 14.2 Å². The maximum Gasteiger partial charge on any atom is 0.246 e. The fourth-order valence-electron chi connectivity index (χ4n) is 3.47. The van der Waals surface area contributed by atoms with Crippen LogP contribution in [0, 0.1) is 0 Å². The molecular weight excluding hydrogens is 328 g/mol. The van der Waals surface area contributed by atoms with Crippen molar-refractivity contribution in [3.05, 3.63) is 42.0 Å². The number of hydrogen-bond acceptors (Lipinski definition) is 4. The smallest absolute Gasteiger partial charge is 0.246 e. The lowest BCUT2D eigenvalue weighted by Crippen LogP contribution is -2.29. The maximum atomic E-state index is 9.85. The third kappa shape index (κ3) is 2.95. The van der Waals surface area contributed by atoms with Crippen LogP contribution in [-0.2, 0) is 6.61 Å². The van der Waals surface area contributed by atoms with Gasteiger partial charge in [-0.15, -0.1) is 0 Å². The molecule has 4 heteroatoms. The zero-order chi connectivity index (χ0) is 18.3. The van der Waals surface area contributed by atoms with Gasteiger partial charge in [-0.3, -0.25) is 0 Å². The van der Waals surface area contributed by atoms with Crippen molar-refractivity contribution in [2.45, 2.75) is 46.0 Å². The van der Waals surface area contributed by atoms with Crippen LogP contribution in [0.15, 0.2) is 36.4 Å². The van der Waals surface area contributed by atoms with Crippen LogP contribution >= 0.6 is 0 Å². The molecule has 26 heavy (non-hydrogen) atoms. The van der Waals surface area contributed by atoms with Gasteiger partial charge in [0.2, 0.25) is 5.79 Å². The summed E-state index contributed by atoms with van der Waals surface area (Å²) >= 11 is 0. The Morgan fingerprint density at radius 3 is 2.38 bits per heavy atom. The van der Waals surface area contributed by atoms with Gasteiger partial charge in [0.25, 0.3) is 0 Å². The Kier molecular flexibility index (Phi) is 4.16. The topological polar surface area (TPSA) is 47.9 Å². The molecular formula is C22H24O4. The van der Waals surface area contributed by atoms with Gasteiger partial charge in [0, 0.05) is 13.8 Å². The second kappa shape index (κ2) is 6.36. The number of hydrogen-bond donors (Lipinski definition) is 1. The summed E-state index contributed by atoms with van der Waals surface area (Å²) in [6.45, 7) is 6.63. The molecule has 0 unspecified atom stereocenters. The van der Waals surface area contributed by atoms with Gasteiger partial charge in [-0.1, -0.05) is 19.4 Å². The molecule has 4 rings (SSSR count). The maximum absolute atomic E-state index is 9.85.